The largest absolute Gasteiger partial charge is 0.435 e. The lowest BCUT2D eigenvalue weighted by Gasteiger charge is -2.20. The zero-order chi connectivity index (χ0) is 19.2. The van der Waals surface area contributed by atoms with E-state index in [0.29, 0.717) is 4.68 Å². The maximum Gasteiger partial charge on any atom is 0.435 e. The lowest BCUT2D eigenvalue weighted by molar-refractivity contribution is -0.221. The molecule has 1 aliphatic rings. The molecule has 2 rings (SSSR count). The number of ether oxygens (including phenoxy) is 1. The van der Waals surface area contributed by atoms with Gasteiger partial charge in [-0.25, -0.2) is 8.78 Å². The molecule has 1 aliphatic carbocycles. The Morgan fingerprint density at radius 1 is 1.28 bits per heavy atom. The molecule has 1 heterocycles. The third-order valence-electron chi connectivity index (χ3n) is 3.78. The number of fused-ring (bicyclic) bond motifs is 1. The predicted molar refractivity (Wildman–Crippen MR) is 66.9 cm³/mol. The van der Waals surface area contributed by atoms with Gasteiger partial charge in [-0.2, -0.15) is 31.4 Å². The number of nitrogens with zero attached hydrogens (tertiary/aromatic N) is 2. The van der Waals surface area contributed by atoms with Crippen LogP contribution in [0.1, 0.15) is 36.4 Å². The molecule has 2 atom stereocenters. The number of aliphatic hydroxyl groups excluding tert-OH is 1. The number of alkyl halides is 8. The molecule has 0 fully saturated rings. The molecule has 0 saturated carbocycles. The van der Waals surface area contributed by atoms with E-state index in [1.165, 1.54) is 6.92 Å². The molecular weight excluding hydrogens is 368 g/mol. The van der Waals surface area contributed by atoms with E-state index in [1.807, 2.05) is 0 Å². The Hall–Kier alpha value is -1.43. The number of rotatable bonds is 5. The van der Waals surface area contributed by atoms with Gasteiger partial charge in [0, 0.05) is 25.1 Å². The number of hydrogen-bond donors (Lipinski definition) is 1. The second-order valence-corrected chi connectivity index (χ2v) is 5.54. The van der Waals surface area contributed by atoms with E-state index in [9.17, 15) is 40.2 Å². The van der Waals surface area contributed by atoms with E-state index in [4.69, 9.17) is 0 Å². The number of aliphatic hydroxyl groups is 1. The van der Waals surface area contributed by atoms with E-state index in [0.717, 1.165) is 0 Å². The Balaban J connectivity index is 2.33. The molecule has 1 aromatic heterocycles. The molecule has 1 N–H and O–H groups in total. The van der Waals surface area contributed by atoms with Crippen LogP contribution in [0.25, 0.3) is 0 Å². The van der Waals surface area contributed by atoms with E-state index < -0.39 is 66.8 Å². The van der Waals surface area contributed by atoms with Gasteiger partial charge < -0.3 is 9.84 Å². The summed E-state index contributed by atoms with van der Waals surface area (Å²) in [6.45, 7) is 0.306. The van der Waals surface area contributed by atoms with Crippen LogP contribution < -0.4 is 0 Å². The highest BCUT2D eigenvalue weighted by Crippen LogP contribution is 2.48. The molecular formula is C13H14F8N2O2. The van der Waals surface area contributed by atoms with Crippen molar-refractivity contribution in [3.8, 4) is 0 Å². The van der Waals surface area contributed by atoms with Gasteiger partial charge in [-0.15, -0.1) is 0 Å². The van der Waals surface area contributed by atoms with Gasteiger partial charge in [-0.1, -0.05) is 0 Å². The van der Waals surface area contributed by atoms with Crippen LogP contribution in [0, 0.1) is 0 Å². The number of hydrogen-bond acceptors (Lipinski definition) is 3. The summed E-state index contributed by atoms with van der Waals surface area (Å²) in [6, 6.07) is 0. The maximum atomic E-state index is 13.6. The highest BCUT2D eigenvalue weighted by Gasteiger charge is 2.54. The summed E-state index contributed by atoms with van der Waals surface area (Å²) in [5, 5.41) is 12.6. The van der Waals surface area contributed by atoms with E-state index in [1.54, 1.807) is 0 Å². The van der Waals surface area contributed by atoms with Gasteiger partial charge in [-0.05, 0) is 6.92 Å². The molecule has 4 nitrogen and oxygen atoms in total. The summed E-state index contributed by atoms with van der Waals surface area (Å²) in [6.07, 6.45) is -16.9. The fourth-order valence-electron chi connectivity index (χ4n) is 2.69. The minimum absolute atomic E-state index is 0.286. The highest BCUT2D eigenvalue weighted by atomic mass is 19.4. The van der Waals surface area contributed by atoms with Crippen molar-refractivity contribution in [3.05, 3.63) is 17.0 Å². The minimum Gasteiger partial charge on any atom is -0.382 e. The van der Waals surface area contributed by atoms with Gasteiger partial charge in [0.15, 0.2) is 11.8 Å². The van der Waals surface area contributed by atoms with Gasteiger partial charge in [0.1, 0.15) is 6.10 Å². The van der Waals surface area contributed by atoms with Crippen molar-refractivity contribution in [2.75, 3.05) is 6.61 Å². The van der Waals surface area contributed by atoms with Crippen LogP contribution in [0.5, 0.6) is 0 Å². The van der Waals surface area contributed by atoms with E-state index >= 15 is 0 Å². The molecule has 0 bridgehead atoms. The van der Waals surface area contributed by atoms with Crippen LogP contribution >= 0.6 is 0 Å². The van der Waals surface area contributed by atoms with Crippen molar-refractivity contribution in [2.45, 2.75) is 56.8 Å². The molecule has 0 aliphatic heterocycles. The molecule has 0 aromatic carbocycles. The maximum absolute atomic E-state index is 13.6. The summed E-state index contributed by atoms with van der Waals surface area (Å²) in [4.78, 5) is 0. The van der Waals surface area contributed by atoms with Crippen molar-refractivity contribution in [1.29, 1.82) is 0 Å². The Morgan fingerprint density at radius 3 is 2.36 bits per heavy atom. The zero-order valence-electron chi connectivity index (χ0n) is 12.8. The second kappa shape index (κ2) is 6.38. The molecule has 25 heavy (non-hydrogen) atoms. The smallest absolute Gasteiger partial charge is 0.382 e. The van der Waals surface area contributed by atoms with Crippen molar-refractivity contribution >= 4 is 0 Å². The van der Waals surface area contributed by atoms with Gasteiger partial charge in [0.2, 0.25) is 0 Å². The average molecular weight is 382 g/mol. The third kappa shape index (κ3) is 3.89. The van der Waals surface area contributed by atoms with Crippen LogP contribution in [0.4, 0.5) is 35.1 Å². The lowest BCUT2D eigenvalue weighted by atomic mass is 10.1. The SMILES string of the molecule is CCO[C@H](CCn1nc(C(F)(F)F)c2c1CC(F)(F)C2O)C(F)(F)F. The quantitative estimate of drug-likeness (QED) is 0.794. The standard InChI is InChI=1S/C13H14F8N2O2/c1-2-25-7(12(16,17)18)3-4-23-6-5-11(14,15)10(24)8(6)9(22-23)13(19,20)21/h7,10,24H,2-5H2,1H3/t7-,10?/m1/s1. The Morgan fingerprint density at radius 2 is 1.88 bits per heavy atom. The molecule has 0 radical (unpaired) electrons. The summed E-state index contributed by atoms with van der Waals surface area (Å²) < 4.78 is 109. The summed E-state index contributed by atoms with van der Waals surface area (Å²) in [5.74, 6) is -3.85. The zero-order valence-corrected chi connectivity index (χ0v) is 12.8. The minimum atomic E-state index is -5.12. The molecule has 1 unspecified atom stereocenters. The van der Waals surface area contributed by atoms with Crippen molar-refractivity contribution in [1.82, 2.24) is 9.78 Å². The van der Waals surface area contributed by atoms with Gasteiger partial charge in [-0.3, -0.25) is 4.68 Å². The first-order chi connectivity index (χ1) is 11.3. The number of halogens is 8. The second-order valence-electron chi connectivity index (χ2n) is 5.54. The van der Waals surface area contributed by atoms with Gasteiger partial charge in [0.05, 0.1) is 12.1 Å². The van der Waals surface area contributed by atoms with E-state index in [2.05, 4.69) is 9.84 Å². The first-order valence-corrected chi connectivity index (χ1v) is 7.20. The van der Waals surface area contributed by atoms with Gasteiger partial charge in [0.25, 0.3) is 5.92 Å². The molecule has 0 saturated heterocycles. The van der Waals surface area contributed by atoms with E-state index in [-0.39, 0.29) is 6.61 Å². The molecule has 0 spiro atoms. The van der Waals surface area contributed by atoms with Crippen LogP contribution in [-0.4, -0.2) is 39.7 Å². The van der Waals surface area contributed by atoms with Crippen LogP contribution in [0.3, 0.4) is 0 Å². The van der Waals surface area contributed by atoms with Crippen LogP contribution in [0.2, 0.25) is 0 Å². The summed E-state index contributed by atoms with van der Waals surface area (Å²) in [7, 11) is 0. The molecule has 0 amide bonds. The number of aromatic nitrogens is 2. The summed E-state index contributed by atoms with van der Waals surface area (Å²) in [5.41, 5.74) is -3.42. The first-order valence-electron chi connectivity index (χ1n) is 7.20. The topological polar surface area (TPSA) is 47.3 Å². The Labute approximate surface area is 136 Å². The monoisotopic (exact) mass is 382 g/mol. The van der Waals surface area contributed by atoms with Crippen molar-refractivity contribution < 1.29 is 45.0 Å². The fourth-order valence-corrected chi connectivity index (χ4v) is 2.69. The van der Waals surface area contributed by atoms with Gasteiger partial charge >= 0.3 is 12.4 Å². The molecule has 12 heteroatoms. The summed E-state index contributed by atoms with van der Waals surface area (Å²) >= 11 is 0. The third-order valence-corrected chi connectivity index (χ3v) is 3.78. The van der Waals surface area contributed by atoms with Crippen molar-refractivity contribution in [3.63, 3.8) is 0 Å². The fraction of sp³-hybridized carbons (Fsp3) is 0.769. The highest BCUT2D eigenvalue weighted by molar-refractivity contribution is 5.38. The first kappa shape index (κ1) is 19.9. The predicted octanol–water partition coefficient (Wildman–Crippen LogP) is 3.48. The van der Waals surface area contributed by atoms with Crippen molar-refractivity contribution in [2.24, 2.45) is 0 Å². The van der Waals surface area contributed by atoms with Crippen LogP contribution in [0.15, 0.2) is 0 Å². The van der Waals surface area contributed by atoms with Crippen LogP contribution in [-0.2, 0) is 23.9 Å². The average Bonchev–Trinajstić information content (AvgIpc) is 2.89. The Kier molecular flexibility index (Phi) is 5.08. The molecule has 1 aromatic rings. The lowest BCUT2D eigenvalue weighted by Crippen LogP contribution is -2.33. The molecule has 144 valence electrons. The number of aryl methyl sites for hydroxylation is 1. The normalized spacial score (nSPS) is 21.4. The Bertz CT molecular complexity index is 623.